The van der Waals surface area contributed by atoms with Crippen LogP contribution in [-0.4, -0.2) is 70.6 Å². The van der Waals surface area contributed by atoms with Crippen molar-refractivity contribution in [2.24, 2.45) is 0 Å². The molecule has 194 valence electrons. The van der Waals surface area contributed by atoms with Gasteiger partial charge in [0.05, 0.1) is 23.3 Å². The fourth-order valence-electron chi connectivity index (χ4n) is 3.52. The third-order valence-corrected chi connectivity index (χ3v) is 5.59. The van der Waals surface area contributed by atoms with Gasteiger partial charge in [-0.2, -0.15) is 0 Å². The van der Waals surface area contributed by atoms with Gasteiger partial charge in [0.1, 0.15) is 25.4 Å². The van der Waals surface area contributed by atoms with E-state index in [4.69, 9.17) is 53.8 Å². The van der Waals surface area contributed by atoms with Gasteiger partial charge in [-0.1, -0.05) is 71.2 Å². The molecule has 36 heavy (non-hydrogen) atoms. The molecule has 1 aliphatic rings. The fourth-order valence-corrected chi connectivity index (χ4v) is 3.68. The van der Waals surface area contributed by atoms with Gasteiger partial charge in [0.25, 0.3) is 0 Å². The minimum atomic E-state index is -1.83. The molecule has 1 amide bonds. The smallest absolute Gasteiger partial charge is 0.407 e. The molecule has 9 nitrogen and oxygen atoms in total. The van der Waals surface area contributed by atoms with Gasteiger partial charge in [-0.25, -0.2) is 14.4 Å². The molecule has 2 aromatic carbocycles. The molecule has 5 unspecified atom stereocenters. The number of nitrogens with one attached hydrogen (secondary N) is 1. The van der Waals surface area contributed by atoms with Gasteiger partial charge in [-0.05, 0) is 31.2 Å². The van der Waals surface area contributed by atoms with Crippen LogP contribution in [0.2, 0.25) is 0 Å². The summed E-state index contributed by atoms with van der Waals surface area (Å²) in [5, 5.41) is 13.5. The number of aliphatic hydroxyl groups is 1. The van der Waals surface area contributed by atoms with E-state index in [0.29, 0.717) is 5.56 Å². The number of alkyl halides is 3. The van der Waals surface area contributed by atoms with E-state index in [1.807, 2.05) is 0 Å². The van der Waals surface area contributed by atoms with E-state index >= 15 is 0 Å². The predicted octanol–water partition coefficient (Wildman–Crippen LogP) is 3.68. The molecular weight excluding hydrogens is 537 g/mol. The van der Waals surface area contributed by atoms with Crippen molar-refractivity contribution in [1.29, 1.82) is 0 Å². The molecular formula is C24H24Cl3NO8. The number of halogens is 3. The molecule has 1 heterocycles. The van der Waals surface area contributed by atoms with Crippen molar-refractivity contribution in [3.05, 3.63) is 71.8 Å². The zero-order valence-electron chi connectivity index (χ0n) is 19.0. The Morgan fingerprint density at radius 3 is 2.06 bits per heavy atom. The van der Waals surface area contributed by atoms with Crippen LogP contribution >= 0.6 is 34.8 Å². The summed E-state index contributed by atoms with van der Waals surface area (Å²) in [6.07, 6.45) is -5.61. The lowest BCUT2D eigenvalue weighted by molar-refractivity contribution is -0.189. The van der Waals surface area contributed by atoms with Gasteiger partial charge in [0.2, 0.25) is 3.79 Å². The van der Waals surface area contributed by atoms with Gasteiger partial charge in [-0.3, -0.25) is 0 Å². The second kappa shape index (κ2) is 12.6. The van der Waals surface area contributed by atoms with Crippen LogP contribution in [0.1, 0.15) is 27.6 Å². The molecule has 12 heteroatoms. The van der Waals surface area contributed by atoms with E-state index < -0.39 is 58.9 Å². The minimum Gasteiger partial charge on any atom is -0.459 e. The van der Waals surface area contributed by atoms with Gasteiger partial charge < -0.3 is 29.4 Å². The Balaban J connectivity index is 1.74. The summed E-state index contributed by atoms with van der Waals surface area (Å²) in [7, 11) is 0. The van der Waals surface area contributed by atoms with E-state index in [1.54, 1.807) is 55.5 Å². The van der Waals surface area contributed by atoms with Crippen LogP contribution in [0.25, 0.3) is 0 Å². The molecule has 0 radical (unpaired) electrons. The second-order valence-electron chi connectivity index (χ2n) is 7.93. The number of rotatable bonds is 7. The standard InChI is InChI=1S/C24H24Cl3NO8/c1-14-18(28-23(32)34-13-24(25,26)27)20(36-22(31)16-10-6-3-7-11-16)19(29)17(35-14)12-33-21(30)15-8-4-2-5-9-15/h2-11,14,17-20,29H,12-13H2,1H3,(H,28,32). The summed E-state index contributed by atoms with van der Waals surface area (Å²) in [6.45, 7) is 0.713. The number of hydrogen-bond acceptors (Lipinski definition) is 8. The number of carbonyl (C=O) groups excluding carboxylic acids is 3. The second-order valence-corrected chi connectivity index (χ2v) is 10.4. The van der Waals surface area contributed by atoms with Crippen LogP contribution in [0.4, 0.5) is 4.79 Å². The van der Waals surface area contributed by atoms with Gasteiger partial charge in [0, 0.05) is 0 Å². The van der Waals surface area contributed by atoms with E-state index in [0.717, 1.165) is 0 Å². The lowest BCUT2D eigenvalue weighted by Gasteiger charge is -2.43. The highest BCUT2D eigenvalue weighted by molar-refractivity contribution is 6.67. The molecule has 1 saturated heterocycles. The van der Waals surface area contributed by atoms with Crippen LogP contribution in [0.3, 0.4) is 0 Å². The normalized spacial score (nSPS) is 23.9. The molecule has 0 bridgehead atoms. The van der Waals surface area contributed by atoms with Gasteiger partial charge in [-0.15, -0.1) is 0 Å². The van der Waals surface area contributed by atoms with Crippen molar-refractivity contribution in [3.63, 3.8) is 0 Å². The lowest BCUT2D eigenvalue weighted by Crippen LogP contribution is -2.64. The Bertz CT molecular complexity index is 1030. The first kappa shape index (κ1) is 28.0. The Kier molecular flexibility index (Phi) is 9.81. The third kappa shape index (κ3) is 7.97. The molecule has 1 aliphatic heterocycles. The average molecular weight is 561 g/mol. The Morgan fingerprint density at radius 1 is 0.944 bits per heavy atom. The first-order valence-electron chi connectivity index (χ1n) is 10.9. The zero-order valence-corrected chi connectivity index (χ0v) is 21.3. The molecule has 0 saturated carbocycles. The number of alkyl carbamates (subject to hydrolysis) is 1. The number of ether oxygens (including phenoxy) is 4. The molecule has 2 aromatic rings. The highest BCUT2D eigenvalue weighted by Gasteiger charge is 2.47. The van der Waals surface area contributed by atoms with E-state index in [2.05, 4.69) is 5.32 Å². The minimum absolute atomic E-state index is 0.230. The van der Waals surface area contributed by atoms with Crippen LogP contribution < -0.4 is 5.32 Å². The summed E-state index contributed by atoms with van der Waals surface area (Å²) >= 11 is 16.8. The summed E-state index contributed by atoms with van der Waals surface area (Å²) < 4.78 is 19.7. The van der Waals surface area contributed by atoms with E-state index in [9.17, 15) is 19.5 Å². The first-order chi connectivity index (χ1) is 17.0. The van der Waals surface area contributed by atoms with Crippen LogP contribution in [0.15, 0.2) is 60.7 Å². The Morgan fingerprint density at radius 2 is 1.50 bits per heavy atom. The lowest BCUT2D eigenvalue weighted by atomic mass is 9.93. The number of benzene rings is 2. The molecule has 3 rings (SSSR count). The first-order valence-corrected chi connectivity index (χ1v) is 12.0. The van der Waals surface area contributed by atoms with Crippen molar-refractivity contribution in [3.8, 4) is 0 Å². The molecule has 5 atom stereocenters. The average Bonchev–Trinajstić information content (AvgIpc) is 2.86. The number of aliphatic hydroxyl groups excluding tert-OH is 1. The SMILES string of the molecule is CC1OC(COC(=O)c2ccccc2)C(O)C(OC(=O)c2ccccc2)C1NC(=O)OCC(Cl)(Cl)Cl. The van der Waals surface area contributed by atoms with E-state index in [-0.39, 0.29) is 12.2 Å². The maximum Gasteiger partial charge on any atom is 0.407 e. The topological polar surface area (TPSA) is 120 Å². The van der Waals surface area contributed by atoms with Crippen molar-refractivity contribution >= 4 is 52.8 Å². The molecule has 0 aliphatic carbocycles. The predicted molar refractivity (Wildman–Crippen MR) is 131 cm³/mol. The monoisotopic (exact) mass is 559 g/mol. The van der Waals surface area contributed by atoms with Crippen LogP contribution in [0, 0.1) is 0 Å². The summed E-state index contributed by atoms with van der Waals surface area (Å²) in [5.41, 5.74) is 0.549. The van der Waals surface area contributed by atoms with Crippen molar-refractivity contribution < 1.29 is 38.4 Å². The quantitative estimate of drug-likeness (QED) is 0.299. The maximum atomic E-state index is 12.8. The summed E-state index contributed by atoms with van der Waals surface area (Å²) in [5.74, 6) is -1.36. The number of hydrogen-bond donors (Lipinski definition) is 2. The number of carbonyl (C=O) groups is 3. The van der Waals surface area contributed by atoms with E-state index in [1.165, 1.54) is 12.1 Å². The van der Waals surface area contributed by atoms with Crippen LogP contribution in [0.5, 0.6) is 0 Å². The molecule has 2 N–H and O–H groups in total. The third-order valence-electron chi connectivity index (χ3n) is 5.26. The Labute approximate surface area is 222 Å². The van der Waals surface area contributed by atoms with Gasteiger partial charge in [0.15, 0.2) is 6.10 Å². The Hall–Kier alpha value is -2.56. The maximum absolute atomic E-state index is 12.8. The molecule has 1 fully saturated rings. The zero-order chi connectivity index (χ0) is 26.3. The summed E-state index contributed by atoms with van der Waals surface area (Å²) in [6, 6.07) is 15.3. The van der Waals surface area contributed by atoms with Crippen molar-refractivity contribution in [1.82, 2.24) is 5.32 Å². The van der Waals surface area contributed by atoms with Gasteiger partial charge >= 0.3 is 18.0 Å². The van der Waals surface area contributed by atoms with Crippen LogP contribution in [-0.2, 0) is 18.9 Å². The molecule has 0 aromatic heterocycles. The van der Waals surface area contributed by atoms with Crippen molar-refractivity contribution in [2.45, 2.75) is 41.2 Å². The number of amides is 1. The number of esters is 2. The fraction of sp³-hybridized carbons (Fsp3) is 0.375. The molecule has 0 spiro atoms. The van der Waals surface area contributed by atoms with Crippen molar-refractivity contribution in [2.75, 3.05) is 13.2 Å². The highest BCUT2D eigenvalue weighted by Crippen LogP contribution is 2.27. The summed E-state index contributed by atoms with van der Waals surface area (Å²) in [4.78, 5) is 37.4. The highest BCUT2D eigenvalue weighted by atomic mass is 35.6. The largest absolute Gasteiger partial charge is 0.459 e.